The first kappa shape index (κ1) is 12.7. The van der Waals surface area contributed by atoms with Gasteiger partial charge in [0.25, 0.3) is 0 Å². The summed E-state index contributed by atoms with van der Waals surface area (Å²) in [5, 5.41) is 3.39. The maximum absolute atomic E-state index is 5.21. The van der Waals surface area contributed by atoms with Crippen LogP contribution >= 0.6 is 0 Å². The van der Waals surface area contributed by atoms with Crippen molar-refractivity contribution in [2.45, 2.75) is 32.9 Å². The molecule has 1 aromatic heterocycles. The first-order valence-electron chi connectivity index (χ1n) is 5.51. The first-order chi connectivity index (χ1) is 7.65. The second-order valence-electron chi connectivity index (χ2n) is 3.95. The highest BCUT2D eigenvalue weighted by Gasteiger charge is 2.02. The highest BCUT2D eigenvalue weighted by molar-refractivity contribution is 5.26. The summed E-state index contributed by atoms with van der Waals surface area (Å²) in [5.74, 6) is 0.862. The topological polar surface area (TPSA) is 34.1 Å². The Bertz CT molecular complexity index is 350. The predicted molar refractivity (Wildman–Crippen MR) is 66.6 cm³/mol. The molecular weight excluding hydrogens is 200 g/mol. The van der Waals surface area contributed by atoms with E-state index in [1.165, 1.54) is 0 Å². The molecule has 0 amide bonds. The van der Waals surface area contributed by atoms with Gasteiger partial charge in [-0.1, -0.05) is 6.08 Å². The van der Waals surface area contributed by atoms with Gasteiger partial charge in [0.05, 0.1) is 12.8 Å². The molecule has 3 heteroatoms. The normalized spacial score (nSPS) is 12.2. The van der Waals surface area contributed by atoms with Crippen molar-refractivity contribution in [3.63, 3.8) is 0 Å². The van der Waals surface area contributed by atoms with Crippen LogP contribution in [0, 0.1) is 6.92 Å². The Kier molecular flexibility index (Phi) is 4.99. The van der Waals surface area contributed by atoms with E-state index in [1.807, 2.05) is 25.1 Å². The minimum absolute atomic E-state index is 0.422. The van der Waals surface area contributed by atoms with E-state index in [0.29, 0.717) is 6.04 Å². The standard InChI is InChI=1S/C13H20N2O/c1-5-6-10(2)14-9-12-8-13(16-4)7-11(3)15-12/h5,7-8,10,14H,1,6,9H2,2-4H3. The number of pyridine rings is 1. The van der Waals surface area contributed by atoms with Crippen LogP contribution in [0.15, 0.2) is 24.8 Å². The highest BCUT2D eigenvalue weighted by atomic mass is 16.5. The zero-order valence-electron chi connectivity index (χ0n) is 10.3. The monoisotopic (exact) mass is 220 g/mol. The fraction of sp³-hybridized carbons (Fsp3) is 0.462. The Balaban J connectivity index is 2.59. The van der Waals surface area contributed by atoms with Crippen molar-refractivity contribution < 1.29 is 4.74 Å². The molecule has 0 radical (unpaired) electrons. The SMILES string of the molecule is C=CCC(C)NCc1cc(OC)cc(C)n1. The molecule has 0 fully saturated rings. The Morgan fingerprint density at radius 2 is 2.31 bits per heavy atom. The van der Waals surface area contributed by atoms with Gasteiger partial charge in [-0.25, -0.2) is 0 Å². The van der Waals surface area contributed by atoms with Gasteiger partial charge >= 0.3 is 0 Å². The molecule has 0 bridgehead atoms. The van der Waals surface area contributed by atoms with E-state index < -0.39 is 0 Å². The van der Waals surface area contributed by atoms with E-state index in [0.717, 1.165) is 30.1 Å². The molecule has 1 N–H and O–H groups in total. The summed E-state index contributed by atoms with van der Waals surface area (Å²) in [6.07, 6.45) is 2.88. The Hall–Kier alpha value is -1.35. The third kappa shape index (κ3) is 4.03. The first-order valence-corrected chi connectivity index (χ1v) is 5.51. The predicted octanol–water partition coefficient (Wildman–Crippen LogP) is 2.45. The molecule has 16 heavy (non-hydrogen) atoms. The van der Waals surface area contributed by atoms with Crippen molar-refractivity contribution in [2.75, 3.05) is 7.11 Å². The van der Waals surface area contributed by atoms with E-state index in [1.54, 1.807) is 7.11 Å². The maximum atomic E-state index is 5.21. The molecular formula is C13H20N2O. The molecule has 0 saturated heterocycles. The molecule has 1 atom stereocenters. The van der Waals surface area contributed by atoms with Crippen LogP contribution in [0.25, 0.3) is 0 Å². The smallest absolute Gasteiger partial charge is 0.122 e. The Labute approximate surface area is 97.5 Å². The number of ether oxygens (including phenoxy) is 1. The average molecular weight is 220 g/mol. The van der Waals surface area contributed by atoms with Crippen molar-refractivity contribution >= 4 is 0 Å². The zero-order valence-corrected chi connectivity index (χ0v) is 10.3. The van der Waals surface area contributed by atoms with Crippen LogP contribution in [0.5, 0.6) is 5.75 Å². The largest absolute Gasteiger partial charge is 0.497 e. The third-order valence-electron chi connectivity index (χ3n) is 2.37. The fourth-order valence-corrected chi connectivity index (χ4v) is 1.52. The number of methoxy groups -OCH3 is 1. The minimum atomic E-state index is 0.422. The molecule has 0 saturated carbocycles. The zero-order chi connectivity index (χ0) is 12.0. The van der Waals surface area contributed by atoms with E-state index in [4.69, 9.17) is 4.74 Å². The lowest BCUT2D eigenvalue weighted by Crippen LogP contribution is -2.25. The number of hydrogen-bond donors (Lipinski definition) is 1. The van der Waals surface area contributed by atoms with Crippen molar-refractivity contribution in [3.8, 4) is 5.75 Å². The summed E-state index contributed by atoms with van der Waals surface area (Å²) in [7, 11) is 1.67. The van der Waals surface area contributed by atoms with Gasteiger partial charge in [0.2, 0.25) is 0 Å². The van der Waals surface area contributed by atoms with Crippen LogP contribution in [0.2, 0.25) is 0 Å². The van der Waals surface area contributed by atoms with Crippen LogP contribution in [0.4, 0.5) is 0 Å². The van der Waals surface area contributed by atoms with Gasteiger partial charge in [0, 0.05) is 30.4 Å². The maximum Gasteiger partial charge on any atom is 0.122 e. The number of aromatic nitrogens is 1. The molecule has 0 aliphatic rings. The number of rotatable bonds is 6. The average Bonchev–Trinajstić information content (AvgIpc) is 2.26. The minimum Gasteiger partial charge on any atom is -0.497 e. The van der Waals surface area contributed by atoms with E-state index in [9.17, 15) is 0 Å². The van der Waals surface area contributed by atoms with Gasteiger partial charge in [0.15, 0.2) is 0 Å². The van der Waals surface area contributed by atoms with Crippen molar-refractivity contribution in [1.82, 2.24) is 10.3 Å². The number of aryl methyl sites for hydroxylation is 1. The summed E-state index contributed by atoms with van der Waals surface area (Å²) in [4.78, 5) is 4.45. The number of nitrogens with one attached hydrogen (secondary N) is 1. The molecule has 3 nitrogen and oxygen atoms in total. The Morgan fingerprint density at radius 3 is 2.94 bits per heavy atom. The van der Waals surface area contributed by atoms with Gasteiger partial charge in [-0.15, -0.1) is 6.58 Å². The molecule has 1 heterocycles. The quantitative estimate of drug-likeness (QED) is 0.748. The van der Waals surface area contributed by atoms with Crippen LogP contribution in [0.3, 0.4) is 0 Å². The van der Waals surface area contributed by atoms with Crippen LogP contribution in [-0.2, 0) is 6.54 Å². The van der Waals surface area contributed by atoms with Crippen molar-refractivity contribution in [2.24, 2.45) is 0 Å². The summed E-state index contributed by atoms with van der Waals surface area (Å²) in [6.45, 7) is 8.58. The molecule has 0 aromatic carbocycles. The van der Waals surface area contributed by atoms with Crippen LogP contribution < -0.4 is 10.1 Å². The van der Waals surface area contributed by atoms with Gasteiger partial charge in [0.1, 0.15) is 5.75 Å². The van der Waals surface area contributed by atoms with Crippen molar-refractivity contribution in [1.29, 1.82) is 0 Å². The lowest BCUT2D eigenvalue weighted by atomic mass is 10.2. The van der Waals surface area contributed by atoms with E-state index in [-0.39, 0.29) is 0 Å². The molecule has 88 valence electrons. The van der Waals surface area contributed by atoms with Gasteiger partial charge in [-0.3, -0.25) is 4.98 Å². The van der Waals surface area contributed by atoms with Gasteiger partial charge < -0.3 is 10.1 Å². The Morgan fingerprint density at radius 1 is 1.56 bits per heavy atom. The highest BCUT2D eigenvalue weighted by Crippen LogP contribution is 2.13. The van der Waals surface area contributed by atoms with E-state index in [2.05, 4.69) is 23.8 Å². The van der Waals surface area contributed by atoms with Crippen LogP contribution in [0.1, 0.15) is 24.7 Å². The molecule has 1 unspecified atom stereocenters. The number of nitrogens with zero attached hydrogens (tertiary/aromatic N) is 1. The number of hydrogen-bond acceptors (Lipinski definition) is 3. The van der Waals surface area contributed by atoms with Crippen molar-refractivity contribution in [3.05, 3.63) is 36.2 Å². The second kappa shape index (κ2) is 6.28. The summed E-state index contributed by atoms with van der Waals surface area (Å²) >= 11 is 0. The molecule has 0 aliphatic heterocycles. The molecule has 0 spiro atoms. The van der Waals surface area contributed by atoms with Gasteiger partial charge in [-0.05, 0) is 20.3 Å². The molecule has 1 aromatic rings. The van der Waals surface area contributed by atoms with Gasteiger partial charge in [-0.2, -0.15) is 0 Å². The molecule has 1 rings (SSSR count). The fourth-order valence-electron chi connectivity index (χ4n) is 1.52. The second-order valence-corrected chi connectivity index (χ2v) is 3.95. The van der Waals surface area contributed by atoms with Crippen LogP contribution in [-0.4, -0.2) is 18.1 Å². The lowest BCUT2D eigenvalue weighted by Gasteiger charge is -2.12. The third-order valence-corrected chi connectivity index (χ3v) is 2.37. The summed E-state index contributed by atoms with van der Waals surface area (Å²) in [6, 6.07) is 4.31. The molecule has 0 aliphatic carbocycles. The lowest BCUT2D eigenvalue weighted by molar-refractivity contribution is 0.412. The summed E-state index contributed by atoms with van der Waals surface area (Å²) < 4.78 is 5.21. The summed E-state index contributed by atoms with van der Waals surface area (Å²) in [5.41, 5.74) is 1.99. The van der Waals surface area contributed by atoms with E-state index >= 15 is 0 Å².